The van der Waals surface area contributed by atoms with Gasteiger partial charge in [0.1, 0.15) is 12.1 Å². The van der Waals surface area contributed by atoms with Gasteiger partial charge in [-0.25, -0.2) is 14.1 Å². The van der Waals surface area contributed by atoms with Gasteiger partial charge in [0.15, 0.2) is 5.82 Å². The Morgan fingerprint density at radius 1 is 1.21 bits per heavy atom. The molecule has 1 amide bonds. The van der Waals surface area contributed by atoms with E-state index in [1.807, 2.05) is 4.68 Å². The van der Waals surface area contributed by atoms with Crippen LogP contribution in [0, 0.1) is 23.1 Å². The molecule has 4 fully saturated rings. The molecule has 4 bridgehead atoms. The smallest absolute Gasteiger partial charge is 0.242 e. The summed E-state index contributed by atoms with van der Waals surface area (Å²) in [5.74, 6) is 0.952. The highest BCUT2D eigenvalue weighted by atomic mass is 79.9. The average molecular weight is 568 g/mol. The fourth-order valence-electron chi connectivity index (χ4n) is 6.87. The number of rotatable bonds is 5. The van der Waals surface area contributed by atoms with E-state index < -0.39 is 11.2 Å². The third kappa shape index (κ3) is 3.67. The standard InChI is InChI=1S/C23H22BrCl2FN6O/c24-16-10-32(9-15-17(25)2-1-3-18(15)27)30-19(16)29-20(34)22-5-13-4-14(6-22)8-23(7-13,11-22)33-12-28-21(26)31-33/h1-3,10,12-14H,4-9,11H2,(H,29,30,34). The fourth-order valence-corrected chi connectivity index (χ4v) is 7.63. The Balaban J connectivity index is 1.25. The number of carbonyl (C=O) groups excluding carboxylic acids is 1. The summed E-state index contributed by atoms with van der Waals surface area (Å²) < 4.78 is 18.3. The predicted octanol–water partition coefficient (Wildman–Crippen LogP) is 5.67. The highest BCUT2D eigenvalue weighted by molar-refractivity contribution is 9.10. The summed E-state index contributed by atoms with van der Waals surface area (Å²) >= 11 is 15.7. The zero-order valence-electron chi connectivity index (χ0n) is 18.1. The number of nitrogens with zero attached hydrogens (tertiary/aromatic N) is 5. The van der Waals surface area contributed by atoms with Crippen molar-refractivity contribution in [3.63, 3.8) is 0 Å². The van der Waals surface area contributed by atoms with Gasteiger partial charge in [0, 0.05) is 16.8 Å². The summed E-state index contributed by atoms with van der Waals surface area (Å²) in [6.07, 6.45) is 9.01. The molecule has 7 rings (SSSR count). The zero-order chi connectivity index (χ0) is 23.7. The lowest BCUT2D eigenvalue weighted by Gasteiger charge is -2.60. The monoisotopic (exact) mass is 566 g/mol. The molecule has 2 aromatic heterocycles. The molecule has 11 heteroatoms. The topological polar surface area (TPSA) is 77.6 Å². The van der Waals surface area contributed by atoms with Gasteiger partial charge in [0.05, 0.1) is 22.0 Å². The van der Waals surface area contributed by atoms with Crippen molar-refractivity contribution in [3.05, 3.63) is 56.9 Å². The number of hydrogen-bond acceptors (Lipinski definition) is 4. The first kappa shape index (κ1) is 22.5. The Morgan fingerprint density at radius 3 is 2.65 bits per heavy atom. The minimum atomic E-state index is -0.486. The summed E-state index contributed by atoms with van der Waals surface area (Å²) in [4.78, 5) is 17.9. The summed E-state index contributed by atoms with van der Waals surface area (Å²) in [6.45, 7) is 0.158. The average Bonchev–Trinajstić information content (AvgIpc) is 3.36. The van der Waals surface area contributed by atoms with Crippen molar-refractivity contribution < 1.29 is 9.18 Å². The van der Waals surface area contributed by atoms with E-state index in [1.54, 1.807) is 29.3 Å². The molecule has 1 aromatic carbocycles. The van der Waals surface area contributed by atoms with Crippen molar-refractivity contribution in [3.8, 4) is 0 Å². The Kier molecular flexibility index (Phi) is 5.31. The number of nitrogens with one attached hydrogen (secondary N) is 1. The van der Waals surface area contributed by atoms with E-state index in [1.165, 1.54) is 6.07 Å². The SMILES string of the molecule is O=C(Nc1nn(Cc2c(F)cccc2Cl)cc1Br)C12CC3CC(C1)CC(n1cnc(Cl)n1)(C3)C2. The molecule has 1 N–H and O–H groups in total. The first-order valence-corrected chi connectivity index (χ1v) is 12.9. The quantitative estimate of drug-likeness (QED) is 0.431. The molecule has 34 heavy (non-hydrogen) atoms. The fraction of sp³-hybridized carbons (Fsp3) is 0.478. The first-order valence-electron chi connectivity index (χ1n) is 11.3. The van der Waals surface area contributed by atoms with Crippen molar-refractivity contribution in [1.82, 2.24) is 24.5 Å². The zero-order valence-corrected chi connectivity index (χ0v) is 21.2. The largest absolute Gasteiger partial charge is 0.308 e. The number of amides is 1. The van der Waals surface area contributed by atoms with Crippen LogP contribution in [-0.2, 0) is 16.9 Å². The van der Waals surface area contributed by atoms with Crippen molar-refractivity contribution >= 4 is 50.9 Å². The molecular weight excluding hydrogens is 546 g/mol. The normalized spacial score (nSPS) is 29.5. The molecule has 4 saturated carbocycles. The van der Waals surface area contributed by atoms with Gasteiger partial charge in [0.2, 0.25) is 11.2 Å². The van der Waals surface area contributed by atoms with Crippen LogP contribution in [0.5, 0.6) is 0 Å². The maximum absolute atomic E-state index is 14.2. The van der Waals surface area contributed by atoms with E-state index in [4.69, 9.17) is 23.2 Å². The second-order valence-electron chi connectivity index (χ2n) is 10.1. The molecule has 2 unspecified atom stereocenters. The van der Waals surface area contributed by atoms with Crippen LogP contribution < -0.4 is 5.32 Å². The molecule has 0 spiro atoms. The van der Waals surface area contributed by atoms with E-state index in [9.17, 15) is 9.18 Å². The third-order valence-electron chi connectivity index (χ3n) is 7.79. The molecule has 7 nitrogen and oxygen atoms in total. The lowest BCUT2D eigenvalue weighted by atomic mass is 9.46. The van der Waals surface area contributed by atoms with Crippen LogP contribution in [0.15, 0.2) is 35.2 Å². The molecular formula is C23H22BrCl2FN6O. The molecule has 0 saturated heterocycles. The van der Waals surface area contributed by atoms with E-state index in [0.717, 1.165) is 32.1 Å². The lowest BCUT2D eigenvalue weighted by molar-refractivity contribution is -0.150. The van der Waals surface area contributed by atoms with E-state index in [0.29, 0.717) is 39.1 Å². The van der Waals surface area contributed by atoms with Crippen molar-refractivity contribution in [2.75, 3.05) is 5.32 Å². The summed E-state index contributed by atoms with van der Waals surface area (Å²) in [5.41, 5.74) is -0.355. The van der Waals surface area contributed by atoms with Gasteiger partial charge in [-0.15, -0.1) is 5.10 Å². The number of carbonyl (C=O) groups is 1. The number of aromatic nitrogens is 5. The molecule has 2 atom stereocenters. The molecule has 3 aromatic rings. The van der Waals surface area contributed by atoms with Gasteiger partial charge in [-0.05, 0) is 90.0 Å². The molecule has 4 aliphatic rings. The highest BCUT2D eigenvalue weighted by Gasteiger charge is 2.61. The van der Waals surface area contributed by atoms with Crippen molar-refractivity contribution in [2.24, 2.45) is 17.3 Å². The van der Waals surface area contributed by atoms with Crippen molar-refractivity contribution in [2.45, 2.75) is 50.6 Å². The van der Waals surface area contributed by atoms with Gasteiger partial charge >= 0.3 is 0 Å². The Morgan fingerprint density at radius 2 is 1.97 bits per heavy atom. The summed E-state index contributed by atoms with van der Waals surface area (Å²) in [5, 5.41) is 12.6. The van der Waals surface area contributed by atoms with Gasteiger partial charge in [0.25, 0.3) is 0 Å². The number of anilines is 1. The minimum absolute atomic E-state index is 0.0212. The lowest BCUT2D eigenvalue weighted by Crippen LogP contribution is -2.60. The highest BCUT2D eigenvalue weighted by Crippen LogP contribution is 2.64. The Labute approximate surface area is 214 Å². The van der Waals surface area contributed by atoms with Crippen molar-refractivity contribution in [1.29, 1.82) is 0 Å². The maximum Gasteiger partial charge on any atom is 0.242 e. The van der Waals surface area contributed by atoms with Crippen LogP contribution in [0.1, 0.15) is 44.1 Å². The number of halogens is 4. The Bertz CT molecular complexity index is 1260. The number of benzene rings is 1. The van der Waals surface area contributed by atoms with Crippen LogP contribution >= 0.6 is 39.1 Å². The van der Waals surface area contributed by atoms with Crippen LogP contribution in [0.3, 0.4) is 0 Å². The van der Waals surface area contributed by atoms with Crippen LogP contribution in [-0.4, -0.2) is 30.5 Å². The van der Waals surface area contributed by atoms with E-state index >= 15 is 0 Å². The van der Waals surface area contributed by atoms with Crippen LogP contribution in [0.25, 0.3) is 0 Å². The molecule has 4 aliphatic carbocycles. The maximum atomic E-state index is 14.2. The molecule has 0 aliphatic heterocycles. The molecule has 2 heterocycles. The van der Waals surface area contributed by atoms with Gasteiger partial charge in [-0.3, -0.25) is 9.48 Å². The number of hydrogen-bond donors (Lipinski definition) is 1. The van der Waals surface area contributed by atoms with Gasteiger partial charge < -0.3 is 5.32 Å². The van der Waals surface area contributed by atoms with E-state index in [-0.39, 0.29) is 23.3 Å². The van der Waals surface area contributed by atoms with Crippen LogP contribution in [0.2, 0.25) is 10.3 Å². The predicted molar refractivity (Wildman–Crippen MR) is 129 cm³/mol. The van der Waals surface area contributed by atoms with Gasteiger partial charge in [-0.1, -0.05) is 17.7 Å². The molecule has 178 valence electrons. The van der Waals surface area contributed by atoms with Crippen LogP contribution in [0.4, 0.5) is 10.2 Å². The van der Waals surface area contributed by atoms with Gasteiger partial charge in [-0.2, -0.15) is 5.10 Å². The molecule has 0 radical (unpaired) electrons. The third-order valence-corrected chi connectivity index (χ3v) is 8.90. The summed E-state index contributed by atoms with van der Waals surface area (Å²) in [7, 11) is 0. The minimum Gasteiger partial charge on any atom is -0.308 e. The Hall–Kier alpha value is -1.97. The second-order valence-corrected chi connectivity index (χ2v) is 11.7. The summed E-state index contributed by atoms with van der Waals surface area (Å²) in [6, 6.07) is 4.58. The van der Waals surface area contributed by atoms with E-state index in [2.05, 4.69) is 36.4 Å². The first-order chi connectivity index (χ1) is 16.3. The second kappa shape index (κ2) is 8.03.